The Morgan fingerprint density at radius 1 is 1.19 bits per heavy atom. The molecule has 3 rings (SSSR count). The second-order valence-electron chi connectivity index (χ2n) is 5.51. The van der Waals surface area contributed by atoms with Crippen molar-refractivity contribution < 1.29 is 9.47 Å². The Morgan fingerprint density at radius 2 is 2.04 bits per heavy atom. The van der Waals surface area contributed by atoms with Crippen molar-refractivity contribution in [1.82, 2.24) is 25.1 Å². The number of halogens is 1. The van der Waals surface area contributed by atoms with Crippen LogP contribution in [0.15, 0.2) is 47.6 Å². The Bertz CT molecular complexity index is 838. The first-order valence-electron chi connectivity index (χ1n) is 8.21. The van der Waals surface area contributed by atoms with Crippen LogP contribution in [0.4, 0.5) is 0 Å². The number of pyridine rings is 1. The van der Waals surface area contributed by atoms with E-state index >= 15 is 0 Å². The number of nitrogens with one attached hydrogen (secondary N) is 1. The number of benzene rings is 1. The molecule has 7 nitrogen and oxygen atoms in total. The van der Waals surface area contributed by atoms with E-state index < -0.39 is 0 Å². The molecule has 1 N–H and O–H groups in total. The molecule has 0 aliphatic rings. The fraction of sp³-hybridized carbons (Fsp3) is 0.278. The lowest BCUT2D eigenvalue weighted by molar-refractivity contribution is 0.309. The van der Waals surface area contributed by atoms with Crippen LogP contribution >= 0.6 is 15.9 Å². The number of aromatic nitrogens is 4. The quantitative estimate of drug-likeness (QED) is 0.606. The zero-order chi connectivity index (χ0) is 18.4. The van der Waals surface area contributed by atoms with Gasteiger partial charge in [-0.05, 0) is 52.2 Å². The van der Waals surface area contributed by atoms with Gasteiger partial charge in [-0.15, -0.1) is 0 Å². The van der Waals surface area contributed by atoms with Crippen molar-refractivity contribution in [3.8, 4) is 17.3 Å². The largest absolute Gasteiger partial charge is 0.492 e. The van der Waals surface area contributed by atoms with Crippen LogP contribution in [-0.4, -0.2) is 33.5 Å². The van der Waals surface area contributed by atoms with Crippen molar-refractivity contribution in [2.45, 2.75) is 20.0 Å². The molecule has 0 saturated carbocycles. The van der Waals surface area contributed by atoms with Crippen LogP contribution in [0.1, 0.15) is 18.1 Å². The van der Waals surface area contributed by atoms with Gasteiger partial charge in [0.25, 0.3) is 0 Å². The molecule has 26 heavy (non-hydrogen) atoms. The van der Waals surface area contributed by atoms with Crippen molar-refractivity contribution in [3.63, 3.8) is 0 Å². The summed E-state index contributed by atoms with van der Waals surface area (Å²) in [5.41, 5.74) is 2.19. The molecule has 0 atom stereocenters. The molecule has 2 heterocycles. The first kappa shape index (κ1) is 18.3. The van der Waals surface area contributed by atoms with E-state index in [4.69, 9.17) is 9.47 Å². The SMILES string of the molecule is CCOc1cc(CNCc2ccc(-n3cncn3)nc2)cc(Br)c1OC. The van der Waals surface area contributed by atoms with Crippen LogP contribution < -0.4 is 14.8 Å². The first-order valence-corrected chi connectivity index (χ1v) is 9.00. The summed E-state index contributed by atoms with van der Waals surface area (Å²) in [5.74, 6) is 2.19. The average Bonchev–Trinajstić information content (AvgIpc) is 3.17. The number of rotatable bonds is 8. The third kappa shape index (κ3) is 4.39. The van der Waals surface area contributed by atoms with E-state index in [1.807, 2.05) is 37.4 Å². The lowest BCUT2D eigenvalue weighted by Gasteiger charge is -2.13. The molecule has 1 aromatic carbocycles. The number of hydrogen-bond donors (Lipinski definition) is 1. The predicted octanol–water partition coefficient (Wildman–Crippen LogP) is 3.12. The number of nitrogens with zero attached hydrogens (tertiary/aromatic N) is 4. The Labute approximate surface area is 160 Å². The van der Waals surface area contributed by atoms with Gasteiger partial charge in [0.2, 0.25) is 0 Å². The highest BCUT2D eigenvalue weighted by Gasteiger charge is 2.11. The van der Waals surface area contributed by atoms with Gasteiger partial charge in [-0.1, -0.05) is 6.07 Å². The fourth-order valence-corrected chi connectivity index (χ4v) is 3.17. The highest BCUT2D eigenvalue weighted by Crippen LogP contribution is 2.36. The summed E-state index contributed by atoms with van der Waals surface area (Å²) in [6.45, 7) is 3.95. The molecule has 0 radical (unpaired) electrons. The van der Waals surface area contributed by atoms with Gasteiger partial charge in [0.05, 0.1) is 18.2 Å². The van der Waals surface area contributed by atoms with E-state index in [9.17, 15) is 0 Å². The maximum atomic E-state index is 5.66. The monoisotopic (exact) mass is 417 g/mol. The van der Waals surface area contributed by atoms with Gasteiger partial charge in [-0.2, -0.15) is 5.10 Å². The Morgan fingerprint density at radius 3 is 2.69 bits per heavy atom. The molecule has 0 aliphatic carbocycles. The summed E-state index contributed by atoms with van der Waals surface area (Å²) in [4.78, 5) is 8.32. The summed E-state index contributed by atoms with van der Waals surface area (Å²) >= 11 is 3.54. The average molecular weight is 418 g/mol. The van der Waals surface area contributed by atoms with E-state index in [2.05, 4.69) is 36.3 Å². The van der Waals surface area contributed by atoms with Gasteiger partial charge in [0, 0.05) is 19.3 Å². The first-order chi connectivity index (χ1) is 12.7. The standard InChI is InChI=1S/C18H20BrN5O2/c1-3-26-16-7-14(6-15(19)18(16)25-2)9-20-8-13-4-5-17(22-10-13)24-12-21-11-23-24/h4-7,10-12,20H,3,8-9H2,1-2H3. The zero-order valence-corrected chi connectivity index (χ0v) is 16.2. The maximum absolute atomic E-state index is 5.66. The lowest BCUT2D eigenvalue weighted by Crippen LogP contribution is -2.13. The van der Waals surface area contributed by atoms with Gasteiger partial charge in [-0.25, -0.2) is 14.6 Å². The molecule has 0 fully saturated rings. The zero-order valence-electron chi connectivity index (χ0n) is 14.6. The summed E-state index contributed by atoms with van der Waals surface area (Å²) in [7, 11) is 1.64. The van der Waals surface area contributed by atoms with Gasteiger partial charge in [-0.3, -0.25) is 0 Å². The van der Waals surface area contributed by atoms with E-state index in [0.717, 1.165) is 27.2 Å². The molecule has 3 aromatic rings. The van der Waals surface area contributed by atoms with E-state index in [-0.39, 0.29) is 0 Å². The van der Waals surface area contributed by atoms with Crippen LogP contribution in [0.2, 0.25) is 0 Å². The molecule has 136 valence electrons. The second kappa shape index (κ2) is 8.77. The number of hydrogen-bond acceptors (Lipinski definition) is 6. The van der Waals surface area contributed by atoms with Crippen molar-refractivity contribution in [2.75, 3.05) is 13.7 Å². The molecule has 0 spiro atoms. The van der Waals surface area contributed by atoms with Crippen molar-refractivity contribution >= 4 is 15.9 Å². The summed E-state index contributed by atoms with van der Waals surface area (Å²) in [6.07, 6.45) is 4.94. The summed E-state index contributed by atoms with van der Waals surface area (Å²) < 4.78 is 13.5. The molecular weight excluding hydrogens is 398 g/mol. The summed E-state index contributed by atoms with van der Waals surface area (Å²) in [6, 6.07) is 7.96. The van der Waals surface area contributed by atoms with Gasteiger partial charge in [0.1, 0.15) is 12.7 Å². The fourth-order valence-electron chi connectivity index (χ4n) is 2.52. The van der Waals surface area contributed by atoms with Crippen molar-refractivity contribution in [2.24, 2.45) is 0 Å². The minimum atomic E-state index is 0.587. The molecule has 0 bridgehead atoms. The van der Waals surface area contributed by atoms with Crippen LogP contribution in [0.3, 0.4) is 0 Å². The third-order valence-corrected chi connectivity index (χ3v) is 4.28. The van der Waals surface area contributed by atoms with Gasteiger partial charge in [0.15, 0.2) is 17.3 Å². The van der Waals surface area contributed by atoms with Gasteiger partial charge >= 0.3 is 0 Å². The second-order valence-corrected chi connectivity index (χ2v) is 6.36. The van der Waals surface area contributed by atoms with Crippen molar-refractivity contribution in [3.05, 3.63) is 58.7 Å². The molecule has 0 saturated heterocycles. The molecule has 8 heteroatoms. The molecule has 0 amide bonds. The van der Waals surface area contributed by atoms with Gasteiger partial charge < -0.3 is 14.8 Å². The van der Waals surface area contributed by atoms with Crippen molar-refractivity contribution in [1.29, 1.82) is 0 Å². The minimum absolute atomic E-state index is 0.587. The summed E-state index contributed by atoms with van der Waals surface area (Å²) in [5, 5.41) is 7.48. The number of ether oxygens (including phenoxy) is 2. The normalized spacial score (nSPS) is 10.7. The van der Waals surface area contributed by atoms with Crippen LogP contribution in [0.25, 0.3) is 5.82 Å². The predicted molar refractivity (Wildman–Crippen MR) is 102 cm³/mol. The van der Waals surface area contributed by atoms with E-state index in [0.29, 0.717) is 25.4 Å². The van der Waals surface area contributed by atoms with Crippen LogP contribution in [0, 0.1) is 0 Å². The van der Waals surface area contributed by atoms with Crippen LogP contribution in [0.5, 0.6) is 11.5 Å². The molecule has 0 aliphatic heterocycles. The topological polar surface area (TPSA) is 74.1 Å². The minimum Gasteiger partial charge on any atom is -0.492 e. The smallest absolute Gasteiger partial charge is 0.174 e. The van der Waals surface area contributed by atoms with Crippen LogP contribution in [-0.2, 0) is 13.1 Å². The highest BCUT2D eigenvalue weighted by molar-refractivity contribution is 9.10. The molecule has 0 unspecified atom stereocenters. The Balaban J connectivity index is 1.61. The maximum Gasteiger partial charge on any atom is 0.174 e. The highest BCUT2D eigenvalue weighted by atomic mass is 79.9. The third-order valence-electron chi connectivity index (χ3n) is 3.69. The lowest BCUT2D eigenvalue weighted by atomic mass is 10.2. The molecular formula is C18H20BrN5O2. The Hall–Kier alpha value is -2.45. The number of methoxy groups -OCH3 is 1. The Kier molecular flexibility index (Phi) is 6.19. The van der Waals surface area contributed by atoms with E-state index in [1.165, 1.54) is 6.33 Å². The molecule has 2 aromatic heterocycles. The van der Waals surface area contributed by atoms with E-state index in [1.54, 1.807) is 18.1 Å².